The number of hydrogen-bond donors (Lipinski definition) is 2. The van der Waals surface area contributed by atoms with E-state index in [9.17, 15) is 10.2 Å². The summed E-state index contributed by atoms with van der Waals surface area (Å²) in [5.74, 6) is 5.38. The van der Waals surface area contributed by atoms with Gasteiger partial charge in [-0.2, -0.15) is 0 Å². The number of allylic oxidation sites excluding steroid dienone is 4. The van der Waals surface area contributed by atoms with E-state index in [0.717, 1.165) is 70.0 Å². The Kier molecular flexibility index (Phi) is 17.9. The van der Waals surface area contributed by atoms with Crippen LogP contribution in [0.5, 0.6) is 0 Å². The summed E-state index contributed by atoms with van der Waals surface area (Å²) in [6.45, 7) is 19.9. The van der Waals surface area contributed by atoms with Gasteiger partial charge in [0, 0.05) is 43.7 Å². The summed E-state index contributed by atoms with van der Waals surface area (Å²) < 4.78 is 4.72. The fraction of sp³-hybridized carbons (Fsp3) is 0.667. The predicted octanol–water partition coefficient (Wildman–Crippen LogP) is 7.35. The third-order valence-corrected chi connectivity index (χ3v) is 13.8. The summed E-state index contributed by atoms with van der Waals surface area (Å²) in [5.41, 5.74) is 4.27. The first kappa shape index (κ1) is 41.1. The van der Waals surface area contributed by atoms with E-state index >= 15 is 0 Å². The van der Waals surface area contributed by atoms with Crippen LogP contribution in [0.15, 0.2) is 72.3 Å². The summed E-state index contributed by atoms with van der Waals surface area (Å²) >= 11 is 0. The van der Waals surface area contributed by atoms with Crippen LogP contribution in [-0.4, -0.2) is 100 Å². The van der Waals surface area contributed by atoms with E-state index in [0.29, 0.717) is 41.7 Å². The minimum Gasteiger partial charge on any atom is -0.395 e. The van der Waals surface area contributed by atoms with E-state index < -0.39 is 0 Å². The molecule has 1 aromatic rings. The molecule has 0 amide bonds. The molecule has 0 bridgehead atoms. The molecule has 0 aromatic carbocycles. The largest absolute Gasteiger partial charge is 0.395 e. The maximum atomic E-state index is 9.42. The molecule has 7 atom stereocenters. The molecule has 0 radical (unpaired) electrons. The van der Waals surface area contributed by atoms with Crippen molar-refractivity contribution in [1.82, 2.24) is 9.80 Å². The zero-order valence-electron chi connectivity index (χ0n) is 32.0. The highest BCUT2D eigenvalue weighted by atomic mass is 33.1. The summed E-state index contributed by atoms with van der Waals surface area (Å²) in [6, 6.07) is 5.50. The van der Waals surface area contributed by atoms with Crippen molar-refractivity contribution in [3.63, 3.8) is 0 Å². The van der Waals surface area contributed by atoms with Crippen LogP contribution < -0.4 is 4.57 Å². The third-order valence-electron chi connectivity index (χ3n) is 11.5. The van der Waals surface area contributed by atoms with E-state index in [4.69, 9.17) is 0 Å². The molecule has 0 fully saturated rings. The Bertz CT molecular complexity index is 1310. The number of aromatic nitrogens is 1. The molecule has 8 heteroatoms. The van der Waals surface area contributed by atoms with Gasteiger partial charge >= 0.3 is 0 Å². The van der Waals surface area contributed by atoms with Crippen molar-refractivity contribution >= 4 is 27.8 Å². The van der Waals surface area contributed by atoms with Crippen LogP contribution in [0, 0.1) is 23.7 Å². The average molecular weight is 725 g/mol. The maximum Gasteiger partial charge on any atom is 0.169 e. The zero-order chi connectivity index (χ0) is 35.9. The van der Waals surface area contributed by atoms with Gasteiger partial charge in [-0.15, -0.1) is 0 Å². The van der Waals surface area contributed by atoms with Gasteiger partial charge in [0.15, 0.2) is 31.7 Å². The molecule has 6 nitrogen and oxygen atoms in total. The van der Waals surface area contributed by atoms with Crippen LogP contribution in [0.25, 0.3) is 0 Å². The standard InChI is InChI=1S/C42H68N4O2S2/c1-7-45(21-25-47)41-11-9-39(35(5)31-41)29-33(3)37-13-17-43(18-14-37)23-27-49-50-28-24-44-19-15-38(16-20-44)34(4)30-40-10-12-42(32-36(40)6)46(8-2)22-26-48/h9-11,13,15-20,32-35,37,39,41-42,47-48H,7-8,12,14,21-31H2,1-6H3/q+2. The monoisotopic (exact) mass is 724 g/mol. The lowest BCUT2D eigenvalue weighted by Gasteiger charge is -2.37. The second kappa shape index (κ2) is 21.8. The smallest absolute Gasteiger partial charge is 0.169 e. The SMILES string of the molecule is CCN(CCO)C1C=C(C)C(CC(C)c2cc[n+](CCSSCC[N+]3=CCC(C(C)CC4C=CC(N(CC)CCO)CC4C)C=C3)cc2)=CC1. The van der Waals surface area contributed by atoms with Crippen LogP contribution in [0.3, 0.4) is 0 Å². The van der Waals surface area contributed by atoms with Gasteiger partial charge < -0.3 is 10.2 Å². The maximum absolute atomic E-state index is 9.42. The van der Waals surface area contributed by atoms with Crippen molar-refractivity contribution in [3.05, 3.63) is 77.8 Å². The Balaban J connectivity index is 1.09. The highest BCUT2D eigenvalue weighted by Gasteiger charge is 2.29. The Labute approximate surface area is 312 Å². The van der Waals surface area contributed by atoms with Crippen molar-refractivity contribution in [2.75, 3.05) is 57.4 Å². The fourth-order valence-corrected chi connectivity index (χ4v) is 10.0. The molecule has 2 aliphatic carbocycles. The number of aryl methyl sites for hydroxylation is 1. The van der Waals surface area contributed by atoms with Gasteiger partial charge in [-0.05, 0) is 92.5 Å². The molecule has 7 unspecified atom stereocenters. The van der Waals surface area contributed by atoms with Gasteiger partial charge in [-0.1, -0.05) is 86.1 Å². The number of aliphatic hydroxyl groups excluding tert-OH is 2. The topological polar surface area (TPSA) is 53.8 Å². The molecule has 0 spiro atoms. The molecule has 2 heterocycles. The number of pyridine rings is 1. The predicted molar refractivity (Wildman–Crippen MR) is 216 cm³/mol. The van der Waals surface area contributed by atoms with E-state index in [1.807, 2.05) is 21.6 Å². The molecule has 0 saturated carbocycles. The van der Waals surface area contributed by atoms with Crippen molar-refractivity contribution < 1.29 is 19.4 Å². The second-order valence-corrected chi connectivity index (χ2v) is 17.6. The first-order valence-electron chi connectivity index (χ1n) is 19.5. The summed E-state index contributed by atoms with van der Waals surface area (Å²) in [6.07, 6.45) is 27.2. The fourth-order valence-electron chi connectivity index (χ4n) is 8.04. The van der Waals surface area contributed by atoms with Gasteiger partial charge in [-0.3, -0.25) is 9.80 Å². The molecular weight excluding hydrogens is 657 g/mol. The lowest BCUT2D eigenvalue weighted by atomic mass is 9.75. The van der Waals surface area contributed by atoms with Crippen molar-refractivity contribution in [3.8, 4) is 0 Å². The van der Waals surface area contributed by atoms with E-state index in [2.05, 4.69) is 128 Å². The summed E-state index contributed by atoms with van der Waals surface area (Å²) in [7, 11) is 3.98. The quantitative estimate of drug-likeness (QED) is 0.0599. The summed E-state index contributed by atoms with van der Waals surface area (Å²) in [4.78, 5) is 4.77. The zero-order valence-corrected chi connectivity index (χ0v) is 33.6. The highest BCUT2D eigenvalue weighted by molar-refractivity contribution is 8.76. The Morgan fingerprint density at radius 3 is 2.18 bits per heavy atom. The lowest BCUT2D eigenvalue weighted by molar-refractivity contribution is -0.692. The van der Waals surface area contributed by atoms with Crippen LogP contribution in [-0.2, 0) is 6.54 Å². The third kappa shape index (κ3) is 12.5. The molecule has 50 heavy (non-hydrogen) atoms. The molecule has 3 aliphatic rings. The number of hydrogen-bond acceptors (Lipinski definition) is 6. The lowest BCUT2D eigenvalue weighted by Crippen LogP contribution is -2.40. The van der Waals surface area contributed by atoms with Crippen LogP contribution in [0.4, 0.5) is 0 Å². The van der Waals surface area contributed by atoms with Gasteiger partial charge in [0.2, 0.25) is 0 Å². The van der Waals surface area contributed by atoms with Gasteiger partial charge in [0.05, 0.1) is 24.7 Å². The Hall–Kier alpha value is -1.68. The minimum atomic E-state index is 0.221. The van der Waals surface area contributed by atoms with Crippen molar-refractivity contribution in [2.45, 2.75) is 98.2 Å². The minimum absolute atomic E-state index is 0.221. The van der Waals surface area contributed by atoms with Gasteiger partial charge in [-0.25, -0.2) is 9.14 Å². The normalized spacial score (nSPS) is 25.1. The highest BCUT2D eigenvalue weighted by Crippen LogP contribution is 2.35. The van der Waals surface area contributed by atoms with Crippen LogP contribution in [0.2, 0.25) is 0 Å². The first-order chi connectivity index (χ1) is 24.3. The number of nitrogens with zero attached hydrogens (tertiary/aromatic N) is 4. The van der Waals surface area contributed by atoms with E-state index in [1.54, 1.807) is 0 Å². The Morgan fingerprint density at radius 1 is 0.900 bits per heavy atom. The average Bonchev–Trinajstić information content (AvgIpc) is 3.13. The molecular formula is C42H68N4O2S2+2. The van der Waals surface area contributed by atoms with Gasteiger partial charge in [0.1, 0.15) is 6.21 Å². The molecule has 278 valence electrons. The molecule has 1 aliphatic heterocycles. The van der Waals surface area contributed by atoms with Crippen molar-refractivity contribution in [1.29, 1.82) is 0 Å². The molecule has 0 saturated heterocycles. The number of rotatable bonds is 21. The second-order valence-electron chi connectivity index (χ2n) is 14.9. The molecule has 1 aromatic heterocycles. The van der Waals surface area contributed by atoms with Gasteiger partial charge in [0.25, 0.3) is 0 Å². The Morgan fingerprint density at radius 2 is 1.58 bits per heavy atom. The van der Waals surface area contributed by atoms with Crippen LogP contribution in [0.1, 0.15) is 85.1 Å². The van der Waals surface area contributed by atoms with Crippen molar-refractivity contribution in [2.24, 2.45) is 23.7 Å². The summed E-state index contributed by atoms with van der Waals surface area (Å²) in [5, 5.41) is 18.8. The molecule has 4 rings (SSSR count). The number of likely N-dealkylation sites (N-methyl/N-ethyl adjacent to an activating group) is 2. The van der Waals surface area contributed by atoms with E-state index in [-0.39, 0.29) is 13.2 Å². The number of aliphatic hydroxyl groups is 2. The van der Waals surface area contributed by atoms with E-state index in [1.165, 1.54) is 29.6 Å². The molecule has 2 N–H and O–H groups in total. The first-order valence-corrected chi connectivity index (χ1v) is 22.0. The van der Waals surface area contributed by atoms with Crippen LogP contribution >= 0.6 is 21.6 Å².